The number of rotatable bonds is 4. The predicted octanol–water partition coefficient (Wildman–Crippen LogP) is 3.83. The van der Waals surface area contributed by atoms with Gasteiger partial charge in [0.25, 0.3) is 0 Å². The second-order valence-electron chi connectivity index (χ2n) is 3.89. The number of halogens is 1. The second-order valence-corrected chi connectivity index (χ2v) is 4.33. The maximum absolute atomic E-state index is 8.41. The van der Waals surface area contributed by atoms with Gasteiger partial charge in [0.2, 0.25) is 0 Å². The van der Waals surface area contributed by atoms with Crippen LogP contribution in [0.3, 0.4) is 0 Å². The predicted molar refractivity (Wildman–Crippen MR) is 71.8 cm³/mol. The first-order valence-corrected chi connectivity index (χ1v) is 5.99. The molecule has 2 aromatic carbocycles. The molecule has 0 aliphatic heterocycles. The van der Waals surface area contributed by atoms with Crippen LogP contribution in [0.15, 0.2) is 48.5 Å². The zero-order valence-electron chi connectivity index (χ0n) is 9.77. The second kappa shape index (κ2) is 6.09. The Morgan fingerprint density at radius 2 is 1.50 bits per heavy atom. The van der Waals surface area contributed by atoms with Gasteiger partial charge < -0.3 is 4.74 Å². The van der Waals surface area contributed by atoms with E-state index in [1.807, 2.05) is 54.6 Å². The standard InChI is InChI=1S/C15H12ClNO/c16-14-5-1-12(2-6-14)11-13-3-7-15(8-4-13)18-10-9-17/h1-8H,10-11H2. The third kappa shape index (κ3) is 3.51. The van der Waals surface area contributed by atoms with Crippen molar-refractivity contribution in [1.82, 2.24) is 0 Å². The number of ether oxygens (including phenoxy) is 1. The zero-order chi connectivity index (χ0) is 12.8. The molecule has 0 radical (unpaired) electrons. The molecule has 0 N–H and O–H groups in total. The molecule has 2 rings (SSSR count). The van der Waals surface area contributed by atoms with Gasteiger partial charge in [0, 0.05) is 5.02 Å². The summed E-state index contributed by atoms with van der Waals surface area (Å²) in [5, 5.41) is 9.16. The van der Waals surface area contributed by atoms with Gasteiger partial charge in [-0.25, -0.2) is 0 Å². The fourth-order valence-corrected chi connectivity index (χ4v) is 1.78. The number of hydrogen-bond acceptors (Lipinski definition) is 2. The Hall–Kier alpha value is -1.98. The summed E-state index contributed by atoms with van der Waals surface area (Å²) in [6.45, 7) is 0.0799. The van der Waals surface area contributed by atoms with Crippen molar-refractivity contribution < 1.29 is 4.74 Å². The normalized spacial score (nSPS) is 9.78. The van der Waals surface area contributed by atoms with Crippen molar-refractivity contribution in [1.29, 1.82) is 5.26 Å². The van der Waals surface area contributed by atoms with Gasteiger partial charge in [-0.05, 0) is 41.8 Å². The van der Waals surface area contributed by atoms with Gasteiger partial charge in [0.05, 0.1) is 0 Å². The van der Waals surface area contributed by atoms with Gasteiger partial charge in [0.15, 0.2) is 6.61 Å². The lowest BCUT2D eigenvalue weighted by molar-refractivity contribution is 0.368. The number of nitrogens with zero attached hydrogens (tertiary/aromatic N) is 1. The smallest absolute Gasteiger partial charge is 0.174 e. The van der Waals surface area contributed by atoms with E-state index in [2.05, 4.69) is 0 Å². The third-order valence-electron chi connectivity index (χ3n) is 2.55. The van der Waals surface area contributed by atoms with E-state index in [1.54, 1.807) is 0 Å². The van der Waals surface area contributed by atoms with Crippen LogP contribution in [0.2, 0.25) is 5.02 Å². The molecule has 0 fully saturated rings. The molecule has 0 unspecified atom stereocenters. The van der Waals surface area contributed by atoms with Crippen molar-refractivity contribution in [2.24, 2.45) is 0 Å². The zero-order valence-corrected chi connectivity index (χ0v) is 10.5. The number of nitriles is 1. The van der Waals surface area contributed by atoms with Gasteiger partial charge >= 0.3 is 0 Å². The first kappa shape index (κ1) is 12.5. The molecule has 2 aromatic rings. The van der Waals surface area contributed by atoms with Crippen LogP contribution < -0.4 is 4.74 Å². The van der Waals surface area contributed by atoms with Crippen molar-refractivity contribution in [3.63, 3.8) is 0 Å². The molecular formula is C15H12ClNO. The van der Waals surface area contributed by atoms with Crippen molar-refractivity contribution in [3.05, 3.63) is 64.7 Å². The highest BCUT2D eigenvalue weighted by Gasteiger charge is 1.98. The van der Waals surface area contributed by atoms with E-state index >= 15 is 0 Å². The van der Waals surface area contributed by atoms with Crippen LogP contribution >= 0.6 is 11.6 Å². The van der Waals surface area contributed by atoms with E-state index in [0.29, 0.717) is 0 Å². The minimum absolute atomic E-state index is 0.0799. The minimum atomic E-state index is 0.0799. The Bertz CT molecular complexity index is 540. The van der Waals surface area contributed by atoms with Crippen LogP contribution in [0.5, 0.6) is 5.75 Å². The molecule has 0 saturated heterocycles. The molecule has 0 heterocycles. The first-order chi connectivity index (χ1) is 8.78. The van der Waals surface area contributed by atoms with Gasteiger partial charge in [-0.2, -0.15) is 5.26 Å². The largest absolute Gasteiger partial charge is 0.479 e. The van der Waals surface area contributed by atoms with Crippen LogP contribution in [0.4, 0.5) is 0 Å². The fraction of sp³-hybridized carbons (Fsp3) is 0.133. The average molecular weight is 258 g/mol. The maximum Gasteiger partial charge on any atom is 0.174 e. The summed E-state index contributed by atoms with van der Waals surface area (Å²) in [7, 11) is 0. The molecule has 0 amide bonds. The van der Waals surface area contributed by atoms with Crippen molar-refractivity contribution >= 4 is 11.6 Å². The van der Waals surface area contributed by atoms with E-state index in [1.165, 1.54) is 11.1 Å². The molecule has 0 atom stereocenters. The SMILES string of the molecule is N#CCOc1ccc(Cc2ccc(Cl)cc2)cc1. The molecule has 0 saturated carbocycles. The maximum atomic E-state index is 8.41. The summed E-state index contributed by atoms with van der Waals surface area (Å²) in [5.74, 6) is 0.719. The van der Waals surface area contributed by atoms with E-state index in [0.717, 1.165) is 17.2 Å². The van der Waals surface area contributed by atoms with Crippen molar-refractivity contribution in [2.75, 3.05) is 6.61 Å². The monoisotopic (exact) mass is 257 g/mol. The van der Waals surface area contributed by atoms with Gasteiger partial charge in [-0.3, -0.25) is 0 Å². The average Bonchev–Trinajstić information content (AvgIpc) is 2.41. The Morgan fingerprint density at radius 3 is 2.06 bits per heavy atom. The number of hydrogen-bond donors (Lipinski definition) is 0. The van der Waals surface area contributed by atoms with Gasteiger partial charge in [-0.1, -0.05) is 35.9 Å². The van der Waals surface area contributed by atoms with E-state index in [-0.39, 0.29) is 6.61 Å². The Balaban J connectivity index is 2.02. The van der Waals surface area contributed by atoms with Crippen LogP contribution in [0.1, 0.15) is 11.1 Å². The van der Waals surface area contributed by atoms with Crippen molar-refractivity contribution in [3.8, 4) is 11.8 Å². The molecule has 0 aliphatic rings. The highest BCUT2D eigenvalue weighted by molar-refractivity contribution is 6.30. The fourth-order valence-electron chi connectivity index (χ4n) is 1.66. The molecule has 2 nitrogen and oxygen atoms in total. The summed E-state index contributed by atoms with van der Waals surface area (Å²) < 4.78 is 5.20. The lowest BCUT2D eigenvalue weighted by Gasteiger charge is -2.04. The molecular weight excluding hydrogens is 246 g/mol. The topological polar surface area (TPSA) is 33.0 Å². The summed E-state index contributed by atoms with van der Waals surface area (Å²) in [6.07, 6.45) is 0.857. The van der Waals surface area contributed by atoms with E-state index < -0.39 is 0 Å². The highest BCUT2D eigenvalue weighted by atomic mass is 35.5. The first-order valence-electron chi connectivity index (χ1n) is 5.61. The van der Waals surface area contributed by atoms with Gasteiger partial charge in [-0.15, -0.1) is 0 Å². The van der Waals surface area contributed by atoms with E-state index in [9.17, 15) is 0 Å². The molecule has 90 valence electrons. The molecule has 0 aliphatic carbocycles. The quantitative estimate of drug-likeness (QED) is 0.834. The molecule has 18 heavy (non-hydrogen) atoms. The summed E-state index contributed by atoms with van der Waals surface area (Å²) in [6, 6.07) is 17.5. The van der Waals surface area contributed by atoms with E-state index in [4.69, 9.17) is 21.6 Å². The Kier molecular flexibility index (Phi) is 4.22. The Labute approximate surface area is 111 Å². The van der Waals surface area contributed by atoms with Crippen LogP contribution in [-0.2, 0) is 6.42 Å². The van der Waals surface area contributed by atoms with Crippen LogP contribution in [0, 0.1) is 11.3 Å². The molecule has 0 aromatic heterocycles. The van der Waals surface area contributed by atoms with Crippen LogP contribution in [0.25, 0.3) is 0 Å². The Morgan fingerprint density at radius 1 is 0.944 bits per heavy atom. The number of benzene rings is 2. The van der Waals surface area contributed by atoms with Gasteiger partial charge in [0.1, 0.15) is 11.8 Å². The molecule has 0 bridgehead atoms. The summed E-state index contributed by atoms with van der Waals surface area (Å²) >= 11 is 5.84. The van der Waals surface area contributed by atoms with Crippen molar-refractivity contribution in [2.45, 2.75) is 6.42 Å². The summed E-state index contributed by atoms with van der Waals surface area (Å²) in [4.78, 5) is 0. The molecule has 0 spiro atoms. The summed E-state index contributed by atoms with van der Waals surface area (Å²) in [5.41, 5.74) is 2.41. The lowest BCUT2D eigenvalue weighted by Crippen LogP contribution is -1.94. The van der Waals surface area contributed by atoms with Crippen LogP contribution in [-0.4, -0.2) is 6.61 Å². The third-order valence-corrected chi connectivity index (χ3v) is 2.80. The highest BCUT2D eigenvalue weighted by Crippen LogP contribution is 2.16. The lowest BCUT2D eigenvalue weighted by atomic mass is 10.1. The molecule has 3 heteroatoms. The minimum Gasteiger partial charge on any atom is -0.479 e.